The molecule has 24 heavy (non-hydrogen) atoms. The molecule has 0 amide bonds. The molecule has 0 aliphatic heterocycles. The first kappa shape index (κ1) is 20.1. The zero-order valence-corrected chi connectivity index (χ0v) is 15.7. The standard InChI is InChI=1S/C22H32N2/c1-6-15-23-16-19(4)18(3)13-14-21(7-2)17-24-20(5)22-11-9-8-10-12-22/h7-14,19,23H,3,6,15-17H2,1-2,4-5H3/b14-13-,21-7+,24-20-. The Morgan fingerprint density at radius 3 is 2.58 bits per heavy atom. The number of aliphatic imine (C=N–C) groups is 1. The van der Waals surface area contributed by atoms with Gasteiger partial charge in [0.1, 0.15) is 0 Å². The van der Waals surface area contributed by atoms with Gasteiger partial charge in [-0.2, -0.15) is 0 Å². The number of nitrogens with zero attached hydrogens (tertiary/aromatic N) is 1. The Kier molecular flexibility index (Phi) is 9.71. The van der Waals surface area contributed by atoms with Crippen molar-refractivity contribution in [3.63, 3.8) is 0 Å². The van der Waals surface area contributed by atoms with Gasteiger partial charge in [0.2, 0.25) is 0 Å². The van der Waals surface area contributed by atoms with E-state index in [0.29, 0.717) is 12.5 Å². The number of allylic oxidation sites excluding steroid dienone is 2. The summed E-state index contributed by atoms with van der Waals surface area (Å²) in [4.78, 5) is 4.70. The van der Waals surface area contributed by atoms with E-state index in [9.17, 15) is 0 Å². The van der Waals surface area contributed by atoms with Gasteiger partial charge in [-0.3, -0.25) is 4.99 Å². The molecular weight excluding hydrogens is 292 g/mol. The van der Waals surface area contributed by atoms with E-state index >= 15 is 0 Å². The van der Waals surface area contributed by atoms with Crippen LogP contribution in [0.1, 0.15) is 39.7 Å². The van der Waals surface area contributed by atoms with Crippen LogP contribution in [0, 0.1) is 5.92 Å². The fourth-order valence-electron chi connectivity index (χ4n) is 2.23. The van der Waals surface area contributed by atoms with Crippen molar-refractivity contribution in [2.24, 2.45) is 10.9 Å². The second kappa shape index (κ2) is 11.6. The lowest BCUT2D eigenvalue weighted by Crippen LogP contribution is -2.22. The third-order valence-electron chi connectivity index (χ3n) is 4.08. The molecule has 0 aliphatic carbocycles. The molecule has 0 spiro atoms. The minimum absolute atomic E-state index is 0.445. The predicted octanol–water partition coefficient (Wildman–Crippen LogP) is 5.19. The van der Waals surface area contributed by atoms with Crippen LogP contribution in [0.2, 0.25) is 0 Å². The molecule has 2 nitrogen and oxygen atoms in total. The van der Waals surface area contributed by atoms with Crippen LogP contribution in [0.15, 0.2) is 71.3 Å². The molecule has 1 N–H and O–H groups in total. The molecule has 1 unspecified atom stereocenters. The Morgan fingerprint density at radius 1 is 1.25 bits per heavy atom. The van der Waals surface area contributed by atoms with E-state index < -0.39 is 0 Å². The lowest BCUT2D eigenvalue weighted by Gasteiger charge is -2.12. The molecule has 2 heteroatoms. The molecule has 0 radical (unpaired) electrons. The van der Waals surface area contributed by atoms with Crippen LogP contribution >= 0.6 is 0 Å². The molecule has 1 aromatic rings. The van der Waals surface area contributed by atoms with Crippen LogP contribution in [-0.4, -0.2) is 25.3 Å². The Morgan fingerprint density at radius 2 is 1.96 bits per heavy atom. The van der Waals surface area contributed by atoms with E-state index in [2.05, 4.69) is 70.0 Å². The zero-order chi connectivity index (χ0) is 17.8. The molecule has 0 aromatic heterocycles. The summed E-state index contributed by atoms with van der Waals surface area (Å²) in [5.41, 5.74) is 4.61. The van der Waals surface area contributed by atoms with E-state index in [-0.39, 0.29) is 0 Å². The molecule has 1 rings (SSSR count). The molecular formula is C22H32N2. The number of rotatable bonds is 10. The third kappa shape index (κ3) is 7.56. The summed E-state index contributed by atoms with van der Waals surface area (Å²) in [6.45, 7) is 15.4. The van der Waals surface area contributed by atoms with Gasteiger partial charge in [0.15, 0.2) is 0 Å². The van der Waals surface area contributed by atoms with Crippen molar-refractivity contribution in [1.82, 2.24) is 5.32 Å². The van der Waals surface area contributed by atoms with Gasteiger partial charge in [-0.25, -0.2) is 0 Å². The van der Waals surface area contributed by atoms with Crippen LogP contribution in [0.5, 0.6) is 0 Å². The van der Waals surface area contributed by atoms with Gasteiger partial charge in [0, 0.05) is 12.3 Å². The highest BCUT2D eigenvalue weighted by molar-refractivity contribution is 5.98. The van der Waals surface area contributed by atoms with Crippen molar-refractivity contribution in [2.45, 2.75) is 34.1 Å². The number of nitrogens with one attached hydrogen (secondary N) is 1. The van der Waals surface area contributed by atoms with E-state index in [1.807, 2.05) is 18.2 Å². The predicted molar refractivity (Wildman–Crippen MR) is 108 cm³/mol. The average molecular weight is 325 g/mol. The lowest BCUT2D eigenvalue weighted by molar-refractivity contribution is 0.577. The maximum atomic E-state index is 4.70. The maximum absolute atomic E-state index is 4.70. The van der Waals surface area contributed by atoms with Crippen molar-refractivity contribution in [1.29, 1.82) is 0 Å². The summed E-state index contributed by atoms with van der Waals surface area (Å²) in [5, 5.41) is 3.44. The topological polar surface area (TPSA) is 24.4 Å². The number of hydrogen-bond acceptors (Lipinski definition) is 2. The highest BCUT2D eigenvalue weighted by Gasteiger charge is 2.03. The zero-order valence-electron chi connectivity index (χ0n) is 15.7. The Labute approximate surface area is 148 Å². The van der Waals surface area contributed by atoms with Crippen molar-refractivity contribution in [3.05, 3.63) is 71.8 Å². The summed E-state index contributed by atoms with van der Waals surface area (Å²) >= 11 is 0. The first-order valence-corrected chi connectivity index (χ1v) is 8.87. The first-order valence-electron chi connectivity index (χ1n) is 8.87. The van der Waals surface area contributed by atoms with Crippen molar-refractivity contribution in [3.8, 4) is 0 Å². The fourth-order valence-corrected chi connectivity index (χ4v) is 2.23. The monoisotopic (exact) mass is 324 g/mol. The van der Waals surface area contributed by atoms with E-state index in [4.69, 9.17) is 4.99 Å². The Hall–Kier alpha value is -1.93. The van der Waals surface area contributed by atoms with Gasteiger partial charge in [-0.15, -0.1) is 0 Å². The quantitative estimate of drug-likeness (QED) is 0.357. The van der Waals surface area contributed by atoms with Gasteiger partial charge < -0.3 is 5.32 Å². The first-order chi connectivity index (χ1) is 11.6. The van der Waals surface area contributed by atoms with Gasteiger partial charge in [0.05, 0.1) is 6.54 Å². The molecule has 0 saturated heterocycles. The lowest BCUT2D eigenvalue weighted by atomic mass is 10.0. The van der Waals surface area contributed by atoms with Gasteiger partial charge >= 0.3 is 0 Å². The number of benzene rings is 1. The largest absolute Gasteiger partial charge is 0.316 e. The van der Waals surface area contributed by atoms with Crippen molar-refractivity contribution in [2.75, 3.05) is 19.6 Å². The van der Waals surface area contributed by atoms with Crippen LogP contribution in [0.4, 0.5) is 0 Å². The summed E-state index contributed by atoms with van der Waals surface area (Å²) in [6, 6.07) is 10.3. The summed E-state index contributed by atoms with van der Waals surface area (Å²) in [5.74, 6) is 0.445. The van der Waals surface area contributed by atoms with E-state index in [0.717, 1.165) is 30.8 Å². The minimum Gasteiger partial charge on any atom is -0.316 e. The Balaban J connectivity index is 2.56. The van der Waals surface area contributed by atoms with Gasteiger partial charge in [-0.05, 0) is 43.9 Å². The maximum Gasteiger partial charge on any atom is 0.0639 e. The summed E-state index contributed by atoms with van der Waals surface area (Å²) in [6.07, 6.45) is 7.55. The number of hydrogen-bond donors (Lipinski definition) is 1. The van der Waals surface area contributed by atoms with Crippen LogP contribution in [-0.2, 0) is 0 Å². The van der Waals surface area contributed by atoms with E-state index in [1.54, 1.807) is 0 Å². The molecule has 0 heterocycles. The average Bonchev–Trinajstić information content (AvgIpc) is 2.62. The van der Waals surface area contributed by atoms with Crippen molar-refractivity contribution >= 4 is 5.71 Å². The molecule has 0 aliphatic rings. The SMILES string of the molecule is C=C(/C=C\C(=C/C)C/N=C(/C)c1ccccc1)C(C)CNCCC. The van der Waals surface area contributed by atoms with E-state index in [1.165, 1.54) is 11.1 Å². The summed E-state index contributed by atoms with van der Waals surface area (Å²) < 4.78 is 0. The van der Waals surface area contributed by atoms with Crippen LogP contribution in [0.3, 0.4) is 0 Å². The normalized spacial score (nSPS) is 14.2. The van der Waals surface area contributed by atoms with Crippen molar-refractivity contribution < 1.29 is 0 Å². The highest BCUT2D eigenvalue weighted by Crippen LogP contribution is 2.11. The molecule has 0 saturated carbocycles. The van der Waals surface area contributed by atoms with Crippen LogP contribution in [0.25, 0.3) is 0 Å². The molecule has 1 aromatic carbocycles. The molecule has 0 fully saturated rings. The fraction of sp³-hybridized carbons (Fsp3) is 0.409. The van der Waals surface area contributed by atoms with Crippen LogP contribution < -0.4 is 5.32 Å². The van der Waals surface area contributed by atoms with Gasteiger partial charge in [0.25, 0.3) is 0 Å². The smallest absolute Gasteiger partial charge is 0.0639 e. The molecule has 130 valence electrons. The molecule has 1 atom stereocenters. The highest BCUT2D eigenvalue weighted by atomic mass is 14.8. The van der Waals surface area contributed by atoms with Gasteiger partial charge in [-0.1, -0.05) is 74.6 Å². The second-order valence-corrected chi connectivity index (χ2v) is 6.14. The minimum atomic E-state index is 0.445. The Bertz CT molecular complexity index is 579. The molecule has 0 bridgehead atoms. The second-order valence-electron chi connectivity index (χ2n) is 6.14. The third-order valence-corrected chi connectivity index (χ3v) is 4.08. The summed E-state index contributed by atoms with van der Waals surface area (Å²) in [7, 11) is 0.